The van der Waals surface area contributed by atoms with Gasteiger partial charge >= 0.3 is 12.2 Å². The summed E-state index contributed by atoms with van der Waals surface area (Å²) in [5, 5.41) is 11.6. The fourth-order valence-electron chi connectivity index (χ4n) is 2.15. The zero-order chi connectivity index (χ0) is 22.2. The summed E-state index contributed by atoms with van der Waals surface area (Å²) in [4.78, 5) is 13.4. The molecule has 8 nitrogen and oxygen atoms in total. The van der Waals surface area contributed by atoms with Crippen LogP contribution in [0.2, 0.25) is 0 Å². The second-order valence-corrected chi connectivity index (χ2v) is 8.45. The van der Waals surface area contributed by atoms with Gasteiger partial charge in [0.2, 0.25) is 10.0 Å². The molecule has 0 unspecified atom stereocenters. The molecule has 12 heteroatoms. The van der Waals surface area contributed by atoms with Crippen molar-refractivity contribution >= 4 is 21.7 Å². The minimum absolute atomic E-state index is 0.0551. The normalized spacial score (nSPS) is 12.4. The van der Waals surface area contributed by atoms with E-state index in [0.717, 1.165) is 4.90 Å². The molecule has 0 aliphatic rings. The Labute approximate surface area is 168 Å². The number of anilines is 1. The van der Waals surface area contributed by atoms with E-state index in [2.05, 4.69) is 10.1 Å². The molecule has 0 saturated heterocycles. The molecular weight excluding hydrogens is 415 g/mol. The number of halogens is 3. The van der Waals surface area contributed by atoms with Gasteiger partial charge in [0, 0.05) is 31.9 Å². The van der Waals surface area contributed by atoms with E-state index in [0.29, 0.717) is 5.69 Å². The van der Waals surface area contributed by atoms with E-state index < -0.39 is 28.8 Å². The number of amides is 2. The summed E-state index contributed by atoms with van der Waals surface area (Å²) < 4.78 is 66.8. The lowest BCUT2D eigenvalue weighted by Gasteiger charge is -2.23. The first-order chi connectivity index (χ1) is 13.4. The molecule has 1 aromatic carbocycles. The minimum Gasteiger partial charge on any atom is -0.395 e. The van der Waals surface area contributed by atoms with Gasteiger partial charge in [-0.2, -0.15) is 17.5 Å². The second-order valence-electron chi connectivity index (χ2n) is 6.45. The smallest absolute Gasteiger partial charge is 0.395 e. The third kappa shape index (κ3) is 8.17. The average molecular weight is 441 g/mol. The number of urea groups is 1. The van der Waals surface area contributed by atoms with Crippen LogP contribution in [-0.4, -0.2) is 80.9 Å². The first-order valence-electron chi connectivity index (χ1n) is 8.78. The van der Waals surface area contributed by atoms with Gasteiger partial charge in [-0.05, 0) is 38.1 Å². The van der Waals surface area contributed by atoms with E-state index in [-0.39, 0.29) is 37.2 Å². The number of nitrogens with zero attached hydrogens (tertiary/aromatic N) is 2. The van der Waals surface area contributed by atoms with Crippen molar-refractivity contribution in [3.63, 3.8) is 0 Å². The monoisotopic (exact) mass is 441 g/mol. The van der Waals surface area contributed by atoms with E-state index in [1.54, 1.807) is 13.8 Å². The lowest BCUT2D eigenvalue weighted by molar-refractivity contribution is -0.174. The molecule has 0 spiro atoms. The summed E-state index contributed by atoms with van der Waals surface area (Å²) in [6, 6.07) is 4.58. The number of hydrogen-bond donors (Lipinski definition) is 2. The molecule has 0 aromatic heterocycles. The number of benzene rings is 1. The van der Waals surface area contributed by atoms with Crippen LogP contribution < -0.4 is 5.32 Å². The maximum absolute atomic E-state index is 12.4. The molecule has 2 amide bonds. The number of ether oxygens (including phenoxy) is 1. The zero-order valence-corrected chi connectivity index (χ0v) is 17.3. The Morgan fingerprint density at radius 3 is 2.28 bits per heavy atom. The number of hydrogen-bond acceptors (Lipinski definition) is 5. The Bertz CT molecular complexity index is 755. The number of nitrogens with one attached hydrogen (secondary N) is 1. The summed E-state index contributed by atoms with van der Waals surface area (Å²) in [5.74, 6) is 0. The van der Waals surface area contributed by atoms with E-state index >= 15 is 0 Å². The molecule has 0 heterocycles. The fraction of sp³-hybridized carbons (Fsp3) is 0.588. The van der Waals surface area contributed by atoms with Crippen LogP contribution in [0, 0.1) is 0 Å². The van der Waals surface area contributed by atoms with Gasteiger partial charge in [0.25, 0.3) is 0 Å². The van der Waals surface area contributed by atoms with Crippen molar-refractivity contribution in [2.24, 2.45) is 0 Å². The van der Waals surface area contributed by atoms with Gasteiger partial charge in [-0.15, -0.1) is 0 Å². The van der Waals surface area contributed by atoms with Crippen LogP contribution in [0.15, 0.2) is 29.2 Å². The number of carbonyl (C=O) groups is 1. The molecule has 0 saturated carbocycles. The Hall–Kier alpha value is -1.89. The highest BCUT2D eigenvalue weighted by molar-refractivity contribution is 7.89. The van der Waals surface area contributed by atoms with Gasteiger partial charge in [0.05, 0.1) is 18.1 Å². The fourth-order valence-corrected chi connectivity index (χ4v) is 3.52. The SMILES string of the molecule is CC(C)N(C)S(=O)(=O)c1ccc(NC(=O)N(CCO)CCOCC(F)(F)F)cc1. The molecule has 0 aliphatic carbocycles. The van der Waals surface area contributed by atoms with Crippen molar-refractivity contribution in [1.29, 1.82) is 0 Å². The number of aliphatic hydroxyl groups excluding tert-OH is 1. The molecule has 29 heavy (non-hydrogen) atoms. The molecule has 0 atom stereocenters. The Kier molecular flexibility index (Phi) is 9.33. The van der Waals surface area contributed by atoms with Gasteiger partial charge in [-0.1, -0.05) is 0 Å². The zero-order valence-electron chi connectivity index (χ0n) is 16.4. The molecular formula is C17H26F3N3O5S. The third-order valence-electron chi connectivity index (χ3n) is 3.94. The van der Waals surface area contributed by atoms with Crippen molar-refractivity contribution < 1.29 is 36.2 Å². The van der Waals surface area contributed by atoms with Crippen molar-refractivity contribution in [1.82, 2.24) is 9.21 Å². The minimum atomic E-state index is -4.46. The summed E-state index contributed by atoms with van der Waals surface area (Å²) >= 11 is 0. The van der Waals surface area contributed by atoms with Crippen molar-refractivity contribution in [2.75, 3.05) is 45.3 Å². The predicted molar refractivity (Wildman–Crippen MR) is 101 cm³/mol. The van der Waals surface area contributed by atoms with Crippen LogP contribution in [0.5, 0.6) is 0 Å². The van der Waals surface area contributed by atoms with Crippen LogP contribution in [-0.2, 0) is 14.8 Å². The topological polar surface area (TPSA) is 99.2 Å². The summed E-state index contributed by atoms with van der Waals surface area (Å²) in [6.45, 7) is 1.04. The number of alkyl halides is 3. The molecule has 1 rings (SSSR count). The molecule has 2 N–H and O–H groups in total. The maximum atomic E-state index is 12.4. The number of rotatable bonds is 10. The molecule has 0 aliphatic heterocycles. The van der Waals surface area contributed by atoms with E-state index in [9.17, 15) is 26.4 Å². The van der Waals surface area contributed by atoms with Crippen LogP contribution in [0.25, 0.3) is 0 Å². The Morgan fingerprint density at radius 2 is 1.79 bits per heavy atom. The summed E-state index contributed by atoms with van der Waals surface area (Å²) in [6.07, 6.45) is -4.46. The quantitative estimate of drug-likeness (QED) is 0.542. The molecule has 0 bridgehead atoms. The number of carbonyl (C=O) groups excluding carboxylic acids is 1. The van der Waals surface area contributed by atoms with E-state index in [1.807, 2.05) is 0 Å². The molecule has 1 aromatic rings. The van der Waals surface area contributed by atoms with Crippen LogP contribution in [0.4, 0.5) is 23.7 Å². The molecule has 0 fully saturated rings. The predicted octanol–water partition coefficient (Wildman–Crippen LogP) is 2.12. The van der Waals surface area contributed by atoms with E-state index in [4.69, 9.17) is 5.11 Å². The first kappa shape index (κ1) is 25.1. The molecule has 166 valence electrons. The van der Waals surface area contributed by atoms with Crippen LogP contribution in [0.3, 0.4) is 0 Å². The lowest BCUT2D eigenvalue weighted by atomic mass is 10.3. The van der Waals surface area contributed by atoms with Crippen molar-refractivity contribution in [2.45, 2.75) is 31.0 Å². The Balaban J connectivity index is 2.73. The highest BCUT2D eigenvalue weighted by atomic mass is 32.2. The van der Waals surface area contributed by atoms with Crippen molar-refractivity contribution in [3.05, 3.63) is 24.3 Å². The lowest BCUT2D eigenvalue weighted by Crippen LogP contribution is -2.39. The average Bonchev–Trinajstić information content (AvgIpc) is 2.63. The van der Waals surface area contributed by atoms with E-state index in [1.165, 1.54) is 35.6 Å². The number of sulfonamides is 1. The highest BCUT2D eigenvalue weighted by Gasteiger charge is 2.27. The Morgan fingerprint density at radius 1 is 1.21 bits per heavy atom. The van der Waals surface area contributed by atoms with Gasteiger partial charge in [-0.25, -0.2) is 13.2 Å². The largest absolute Gasteiger partial charge is 0.411 e. The molecule has 0 radical (unpaired) electrons. The first-order valence-corrected chi connectivity index (χ1v) is 10.2. The van der Waals surface area contributed by atoms with Gasteiger partial charge in [0.1, 0.15) is 6.61 Å². The van der Waals surface area contributed by atoms with Gasteiger partial charge < -0.3 is 20.1 Å². The maximum Gasteiger partial charge on any atom is 0.411 e. The van der Waals surface area contributed by atoms with Crippen LogP contribution >= 0.6 is 0 Å². The number of aliphatic hydroxyl groups is 1. The second kappa shape index (κ2) is 10.8. The van der Waals surface area contributed by atoms with Crippen molar-refractivity contribution in [3.8, 4) is 0 Å². The van der Waals surface area contributed by atoms with Crippen LogP contribution in [0.1, 0.15) is 13.8 Å². The summed E-state index contributed by atoms with van der Waals surface area (Å²) in [5.41, 5.74) is 0.292. The summed E-state index contributed by atoms with van der Waals surface area (Å²) in [7, 11) is -2.21. The standard InChI is InChI=1S/C17H26F3N3O5S/c1-13(2)22(3)29(26,27)15-6-4-14(5-7-15)21-16(25)23(8-10-24)9-11-28-12-17(18,19)20/h4-7,13,24H,8-12H2,1-3H3,(H,21,25). The third-order valence-corrected chi connectivity index (χ3v) is 5.99. The highest BCUT2D eigenvalue weighted by Crippen LogP contribution is 2.19. The van der Waals surface area contributed by atoms with Gasteiger partial charge in [0.15, 0.2) is 0 Å². The van der Waals surface area contributed by atoms with Gasteiger partial charge in [-0.3, -0.25) is 0 Å².